The van der Waals surface area contributed by atoms with E-state index in [2.05, 4.69) is 5.32 Å². The van der Waals surface area contributed by atoms with Gasteiger partial charge in [-0.2, -0.15) is 0 Å². The van der Waals surface area contributed by atoms with Crippen molar-refractivity contribution < 1.29 is 29.1 Å². The molecule has 2 aromatic rings. The summed E-state index contributed by atoms with van der Waals surface area (Å²) in [6.45, 7) is 1.11. The van der Waals surface area contributed by atoms with Crippen LogP contribution in [-0.4, -0.2) is 35.7 Å². The van der Waals surface area contributed by atoms with Gasteiger partial charge in [0.15, 0.2) is 6.61 Å². The third-order valence-corrected chi connectivity index (χ3v) is 5.79. The number of nitro benzene ring substituents is 1. The lowest BCUT2D eigenvalue weighted by atomic mass is 9.85. The van der Waals surface area contributed by atoms with Crippen LogP contribution in [0.4, 0.5) is 5.69 Å². The van der Waals surface area contributed by atoms with E-state index in [4.69, 9.17) is 37.8 Å². The highest BCUT2D eigenvalue weighted by Crippen LogP contribution is 2.41. The molecule has 0 aromatic heterocycles. The van der Waals surface area contributed by atoms with Crippen molar-refractivity contribution in [2.24, 2.45) is 0 Å². The zero-order chi connectivity index (χ0) is 24.3. The molecule has 1 aliphatic heterocycles. The first-order valence-corrected chi connectivity index (χ1v) is 10.2. The van der Waals surface area contributed by atoms with Crippen molar-refractivity contribution in [1.29, 1.82) is 0 Å². The largest absolute Gasteiger partial charge is 0.480 e. The first kappa shape index (κ1) is 24.1. The van der Waals surface area contributed by atoms with Crippen molar-refractivity contribution in [2.45, 2.75) is 12.8 Å². The van der Waals surface area contributed by atoms with Crippen LogP contribution in [0.5, 0.6) is 5.75 Å². The monoisotopic (exact) mass is 492 g/mol. The molecule has 1 unspecified atom stereocenters. The van der Waals surface area contributed by atoms with Crippen molar-refractivity contribution in [3.63, 3.8) is 0 Å². The summed E-state index contributed by atoms with van der Waals surface area (Å²) in [6, 6.07) is 8.94. The van der Waals surface area contributed by atoms with E-state index in [9.17, 15) is 19.7 Å². The number of carbonyl (C=O) groups is 2. The predicted molar refractivity (Wildman–Crippen MR) is 121 cm³/mol. The Morgan fingerprint density at radius 3 is 2.39 bits per heavy atom. The number of dihydropyridines is 1. The SMILES string of the molecule is COC(=O)C1=C(C)NC(c2ccc(OCC(=O)O)c(Cl)c2Cl)=CC1c1ccc([N+](=O)[O-])cc1. The van der Waals surface area contributed by atoms with E-state index >= 15 is 0 Å². The van der Waals surface area contributed by atoms with E-state index in [0.29, 0.717) is 28.1 Å². The first-order chi connectivity index (χ1) is 15.6. The lowest BCUT2D eigenvalue weighted by Gasteiger charge is -2.27. The molecular weight excluding hydrogens is 475 g/mol. The number of rotatable bonds is 7. The Balaban J connectivity index is 2.06. The van der Waals surface area contributed by atoms with E-state index in [1.807, 2.05) is 0 Å². The van der Waals surface area contributed by atoms with E-state index < -0.39 is 29.4 Å². The van der Waals surface area contributed by atoms with E-state index in [-0.39, 0.29) is 21.5 Å². The van der Waals surface area contributed by atoms with Gasteiger partial charge < -0.3 is 19.9 Å². The minimum Gasteiger partial charge on any atom is -0.480 e. The highest BCUT2D eigenvalue weighted by Gasteiger charge is 2.30. The second kappa shape index (κ2) is 9.93. The highest BCUT2D eigenvalue weighted by molar-refractivity contribution is 6.44. The first-order valence-electron chi connectivity index (χ1n) is 9.49. The summed E-state index contributed by atoms with van der Waals surface area (Å²) in [5, 5.41) is 23.1. The molecule has 0 amide bonds. The molecule has 1 atom stereocenters. The van der Waals surface area contributed by atoms with Crippen molar-refractivity contribution >= 4 is 46.5 Å². The summed E-state index contributed by atoms with van der Waals surface area (Å²) < 4.78 is 10.1. The van der Waals surface area contributed by atoms with Crippen LogP contribution in [0.3, 0.4) is 0 Å². The predicted octanol–water partition coefficient (Wildman–Crippen LogP) is 4.54. The Bertz CT molecular complexity index is 1190. The normalized spacial score (nSPS) is 15.4. The topological polar surface area (TPSA) is 128 Å². The molecule has 172 valence electrons. The minimum absolute atomic E-state index is 0.0328. The lowest BCUT2D eigenvalue weighted by molar-refractivity contribution is -0.384. The number of methoxy groups -OCH3 is 1. The molecule has 0 bridgehead atoms. The number of carbonyl (C=O) groups excluding carboxylic acids is 1. The summed E-state index contributed by atoms with van der Waals surface area (Å²) in [4.78, 5) is 33.8. The second-order valence-corrected chi connectivity index (χ2v) is 7.74. The summed E-state index contributed by atoms with van der Waals surface area (Å²) >= 11 is 12.7. The second-order valence-electron chi connectivity index (χ2n) is 6.98. The zero-order valence-electron chi connectivity index (χ0n) is 17.4. The molecule has 11 heteroatoms. The van der Waals surface area contributed by atoms with Gasteiger partial charge in [-0.15, -0.1) is 0 Å². The lowest BCUT2D eigenvalue weighted by Crippen LogP contribution is -2.25. The molecule has 1 heterocycles. The molecule has 2 N–H and O–H groups in total. The van der Waals surface area contributed by atoms with Crippen LogP contribution in [0.25, 0.3) is 5.70 Å². The number of ether oxygens (including phenoxy) is 2. The molecule has 9 nitrogen and oxygen atoms in total. The number of allylic oxidation sites excluding steroid dienone is 2. The van der Waals surface area contributed by atoms with Gasteiger partial charge in [-0.1, -0.05) is 35.3 Å². The number of hydrogen-bond acceptors (Lipinski definition) is 7. The van der Waals surface area contributed by atoms with E-state index in [1.54, 1.807) is 31.2 Å². The number of non-ortho nitro benzene ring substituents is 1. The molecule has 0 saturated heterocycles. The molecule has 0 fully saturated rings. The molecule has 0 aliphatic carbocycles. The van der Waals surface area contributed by atoms with Gasteiger partial charge in [-0.05, 0) is 30.7 Å². The van der Waals surface area contributed by atoms with Gasteiger partial charge in [0, 0.05) is 35.0 Å². The van der Waals surface area contributed by atoms with Crippen molar-refractivity contribution in [2.75, 3.05) is 13.7 Å². The van der Waals surface area contributed by atoms with Gasteiger partial charge in [0.1, 0.15) is 10.8 Å². The smallest absolute Gasteiger partial charge is 0.341 e. The van der Waals surface area contributed by atoms with Crippen molar-refractivity contribution in [3.05, 3.63) is 85.0 Å². The fraction of sp³-hybridized carbons (Fsp3) is 0.182. The molecule has 2 aromatic carbocycles. The average Bonchev–Trinajstić information content (AvgIpc) is 2.79. The number of aliphatic carboxylic acids is 1. The summed E-state index contributed by atoms with van der Waals surface area (Å²) in [5.41, 5.74) is 2.39. The minimum atomic E-state index is -1.16. The van der Waals surface area contributed by atoms with Gasteiger partial charge in [0.05, 0.1) is 22.6 Å². The highest BCUT2D eigenvalue weighted by atomic mass is 35.5. The summed E-state index contributed by atoms with van der Waals surface area (Å²) in [6.07, 6.45) is 1.73. The van der Waals surface area contributed by atoms with Gasteiger partial charge in [-0.3, -0.25) is 10.1 Å². The number of nitro groups is 1. The van der Waals surface area contributed by atoms with E-state index in [0.717, 1.165) is 0 Å². The van der Waals surface area contributed by atoms with Crippen LogP contribution in [0, 0.1) is 10.1 Å². The van der Waals surface area contributed by atoms with Gasteiger partial charge >= 0.3 is 11.9 Å². The molecule has 0 saturated carbocycles. The number of benzene rings is 2. The number of halogens is 2. The summed E-state index contributed by atoms with van der Waals surface area (Å²) in [7, 11) is 1.27. The van der Waals surface area contributed by atoms with E-state index in [1.165, 1.54) is 25.3 Å². The van der Waals surface area contributed by atoms with Crippen LogP contribution in [0.15, 0.2) is 53.7 Å². The number of hydrogen-bond donors (Lipinski definition) is 2. The van der Waals surface area contributed by atoms with Crippen LogP contribution >= 0.6 is 23.2 Å². The number of esters is 1. The molecule has 0 spiro atoms. The van der Waals surface area contributed by atoms with Crippen LogP contribution in [-0.2, 0) is 14.3 Å². The quantitative estimate of drug-likeness (QED) is 0.327. The standard InChI is InChI=1S/C22H18Cl2N2O7/c1-11-19(22(29)32-2)15(12-3-5-13(6-4-12)26(30)31)9-16(25-11)14-7-8-17(21(24)20(14)23)33-10-18(27)28/h3-9,15,25H,10H2,1-2H3,(H,27,28). The molecular formula is C22H18Cl2N2O7. The number of nitrogens with one attached hydrogen (secondary N) is 1. The Morgan fingerprint density at radius 1 is 1.15 bits per heavy atom. The Morgan fingerprint density at radius 2 is 1.82 bits per heavy atom. The van der Waals surface area contributed by atoms with Crippen LogP contribution in [0.1, 0.15) is 24.0 Å². The number of carboxylic acid groups (broad SMARTS) is 1. The van der Waals surface area contributed by atoms with Crippen molar-refractivity contribution in [3.8, 4) is 5.75 Å². The molecule has 3 rings (SSSR count). The average molecular weight is 493 g/mol. The molecule has 0 radical (unpaired) electrons. The number of carboxylic acids is 1. The third kappa shape index (κ3) is 5.10. The number of nitrogens with zero attached hydrogens (tertiary/aromatic N) is 1. The van der Waals surface area contributed by atoms with Gasteiger partial charge in [0.2, 0.25) is 0 Å². The zero-order valence-corrected chi connectivity index (χ0v) is 18.9. The Labute approximate surface area is 198 Å². The molecule has 1 aliphatic rings. The fourth-order valence-corrected chi connectivity index (χ4v) is 3.88. The Kier molecular flexibility index (Phi) is 7.25. The molecule has 33 heavy (non-hydrogen) atoms. The van der Waals surface area contributed by atoms with Crippen LogP contribution < -0.4 is 10.1 Å². The van der Waals surface area contributed by atoms with Gasteiger partial charge in [-0.25, -0.2) is 9.59 Å². The Hall–Kier alpha value is -3.56. The maximum absolute atomic E-state index is 12.5. The summed E-state index contributed by atoms with van der Waals surface area (Å²) in [5.74, 6) is -2.20. The maximum Gasteiger partial charge on any atom is 0.341 e. The van der Waals surface area contributed by atoms with Crippen molar-refractivity contribution in [1.82, 2.24) is 5.32 Å². The van der Waals surface area contributed by atoms with Gasteiger partial charge in [0.25, 0.3) is 5.69 Å². The third-order valence-electron chi connectivity index (χ3n) is 4.93. The fourth-order valence-electron chi connectivity index (χ4n) is 3.40. The van der Waals surface area contributed by atoms with Crippen LogP contribution in [0.2, 0.25) is 10.0 Å². The maximum atomic E-state index is 12.5.